The topological polar surface area (TPSA) is 46.2 Å². The van der Waals surface area contributed by atoms with Gasteiger partial charge in [-0.25, -0.2) is 0 Å². The Balaban J connectivity index is 2.60. The first kappa shape index (κ1) is 11.1. The van der Waals surface area contributed by atoms with Crippen LogP contribution in [0.5, 0.6) is 5.75 Å². The fourth-order valence-corrected chi connectivity index (χ4v) is 1.46. The molecule has 0 aliphatic heterocycles. The maximum absolute atomic E-state index is 9.28. The second kappa shape index (κ2) is 5.01. The van der Waals surface area contributed by atoms with E-state index >= 15 is 0 Å². The van der Waals surface area contributed by atoms with Crippen LogP contribution >= 0.6 is 0 Å². The zero-order chi connectivity index (χ0) is 10.6. The van der Waals surface area contributed by atoms with E-state index < -0.39 is 0 Å². The highest BCUT2D eigenvalue weighted by Gasteiger charge is 2.11. The number of rotatable bonds is 4. The van der Waals surface area contributed by atoms with Gasteiger partial charge in [0.25, 0.3) is 0 Å². The first-order valence-corrected chi connectivity index (χ1v) is 5.17. The van der Waals surface area contributed by atoms with Crippen molar-refractivity contribution in [3.63, 3.8) is 0 Å². The summed E-state index contributed by atoms with van der Waals surface area (Å²) in [6.07, 6.45) is 1.93. The van der Waals surface area contributed by atoms with Crippen LogP contribution in [0.3, 0.4) is 0 Å². The van der Waals surface area contributed by atoms with Crippen molar-refractivity contribution in [3.8, 4) is 5.75 Å². The van der Waals surface area contributed by atoms with Gasteiger partial charge in [-0.3, -0.25) is 0 Å². The van der Waals surface area contributed by atoms with Crippen LogP contribution in [0.4, 0.5) is 0 Å². The lowest BCUT2D eigenvalue weighted by molar-refractivity contribution is 0.438. The van der Waals surface area contributed by atoms with Gasteiger partial charge >= 0.3 is 0 Å². The Hall–Kier alpha value is -1.02. The smallest absolute Gasteiger partial charge is 0.115 e. The van der Waals surface area contributed by atoms with Gasteiger partial charge in [0.05, 0.1) is 0 Å². The molecule has 0 bridgehead atoms. The minimum atomic E-state index is 0.182. The second-order valence-electron chi connectivity index (χ2n) is 3.92. The molecule has 0 aliphatic carbocycles. The van der Waals surface area contributed by atoms with Crippen molar-refractivity contribution in [1.82, 2.24) is 0 Å². The van der Waals surface area contributed by atoms with E-state index in [2.05, 4.69) is 13.8 Å². The molecule has 2 unspecified atom stereocenters. The Morgan fingerprint density at radius 1 is 1.43 bits per heavy atom. The standard InChI is InChI=1S/C12H19NO/c1-3-9(2)12(13)8-10-5-4-6-11(14)7-10/h4-7,9,12,14H,3,8,13H2,1-2H3. The molecule has 1 rings (SSSR count). The largest absolute Gasteiger partial charge is 0.508 e. The predicted molar refractivity (Wildman–Crippen MR) is 59.2 cm³/mol. The normalized spacial score (nSPS) is 15.1. The molecule has 1 aromatic carbocycles. The molecule has 1 aromatic rings. The van der Waals surface area contributed by atoms with Gasteiger partial charge in [0.15, 0.2) is 0 Å². The fourth-order valence-electron chi connectivity index (χ4n) is 1.46. The monoisotopic (exact) mass is 193 g/mol. The number of nitrogens with two attached hydrogens (primary N) is 1. The molecule has 0 saturated heterocycles. The van der Waals surface area contributed by atoms with E-state index in [-0.39, 0.29) is 6.04 Å². The Bertz CT molecular complexity index is 285. The van der Waals surface area contributed by atoms with Gasteiger partial charge in [-0.2, -0.15) is 0 Å². The van der Waals surface area contributed by atoms with Gasteiger partial charge < -0.3 is 10.8 Å². The van der Waals surface area contributed by atoms with Gasteiger partial charge in [-0.15, -0.1) is 0 Å². The molecule has 0 spiro atoms. The highest BCUT2D eigenvalue weighted by Crippen LogP contribution is 2.15. The molecule has 0 aromatic heterocycles. The summed E-state index contributed by atoms with van der Waals surface area (Å²) >= 11 is 0. The maximum atomic E-state index is 9.28. The summed E-state index contributed by atoms with van der Waals surface area (Å²) in [5, 5.41) is 9.28. The SMILES string of the molecule is CCC(C)C(N)Cc1cccc(O)c1. The van der Waals surface area contributed by atoms with E-state index in [1.54, 1.807) is 12.1 Å². The molecular formula is C12H19NO. The summed E-state index contributed by atoms with van der Waals surface area (Å²) in [4.78, 5) is 0. The number of hydrogen-bond acceptors (Lipinski definition) is 2. The van der Waals surface area contributed by atoms with Crippen LogP contribution in [0.15, 0.2) is 24.3 Å². The van der Waals surface area contributed by atoms with Gasteiger partial charge in [0.2, 0.25) is 0 Å². The first-order chi connectivity index (χ1) is 6.63. The van der Waals surface area contributed by atoms with Crippen molar-refractivity contribution in [2.24, 2.45) is 11.7 Å². The average Bonchev–Trinajstić information content (AvgIpc) is 2.16. The molecule has 3 N–H and O–H groups in total. The molecule has 78 valence electrons. The van der Waals surface area contributed by atoms with Crippen molar-refractivity contribution in [1.29, 1.82) is 0 Å². The van der Waals surface area contributed by atoms with E-state index in [0.29, 0.717) is 11.7 Å². The van der Waals surface area contributed by atoms with Crippen LogP contribution in [0.2, 0.25) is 0 Å². The van der Waals surface area contributed by atoms with Crippen LogP contribution in [0.25, 0.3) is 0 Å². The second-order valence-corrected chi connectivity index (χ2v) is 3.92. The molecule has 2 heteroatoms. The molecule has 14 heavy (non-hydrogen) atoms. The van der Waals surface area contributed by atoms with Gasteiger partial charge in [0, 0.05) is 6.04 Å². The van der Waals surface area contributed by atoms with Crippen molar-refractivity contribution < 1.29 is 5.11 Å². The molecule has 0 fully saturated rings. The van der Waals surface area contributed by atoms with Gasteiger partial charge in [0.1, 0.15) is 5.75 Å². The Morgan fingerprint density at radius 2 is 2.14 bits per heavy atom. The molecule has 2 nitrogen and oxygen atoms in total. The van der Waals surface area contributed by atoms with Crippen molar-refractivity contribution in [2.45, 2.75) is 32.7 Å². The number of aromatic hydroxyl groups is 1. The molecule has 0 saturated carbocycles. The molecule has 2 atom stereocenters. The quantitative estimate of drug-likeness (QED) is 0.770. The minimum absolute atomic E-state index is 0.182. The third-order valence-electron chi connectivity index (χ3n) is 2.76. The Morgan fingerprint density at radius 3 is 2.71 bits per heavy atom. The Labute approximate surface area is 85.8 Å². The van der Waals surface area contributed by atoms with Gasteiger partial charge in [-0.05, 0) is 30.0 Å². The van der Waals surface area contributed by atoms with Crippen molar-refractivity contribution in [3.05, 3.63) is 29.8 Å². The summed E-state index contributed by atoms with van der Waals surface area (Å²) in [5.41, 5.74) is 7.14. The Kier molecular flexibility index (Phi) is 3.96. The lowest BCUT2D eigenvalue weighted by Gasteiger charge is -2.18. The molecule has 0 radical (unpaired) electrons. The maximum Gasteiger partial charge on any atom is 0.115 e. The predicted octanol–water partition coefficient (Wildman–Crippen LogP) is 2.31. The van der Waals surface area contributed by atoms with E-state index in [9.17, 15) is 5.11 Å². The van der Waals surface area contributed by atoms with Crippen molar-refractivity contribution >= 4 is 0 Å². The van der Waals surface area contributed by atoms with E-state index in [0.717, 1.165) is 18.4 Å². The molecule has 0 amide bonds. The number of phenols is 1. The van der Waals surface area contributed by atoms with E-state index in [1.165, 1.54) is 0 Å². The summed E-state index contributed by atoms with van der Waals surface area (Å²) in [7, 11) is 0. The minimum Gasteiger partial charge on any atom is -0.508 e. The fraction of sp³-hybridized carbons (Fsp3) is 0.500. The van der Waals surface area contributed by atoms with Crippen molar-refractivity contribution in [2.75, 3.05) is 0 Å². The zero-order valence-corrected chi connectivity index (χ0v) is 8.90. The number of phenolic OH excluding ortho intramolecular Hbond substituents is 1. The summed E-state index contributed by atoms with van der Waals surface area (Å²) in [6, 6.07) is 7.50. The summed E-state index contributed by atoms with van der Waals surface area (Å²) in [6.45, 7) is 4.31. The van der Waals surface area contributed by atoms with E-state index in [4.69, 9.17) is 5.73 Å². The lowest BCUT2D eigenvalue weighted by atomic mass is 9.94. The molecular weight excluding hydrogens is 174 g/mol. The lowest BCUT2D eigenvalue weighted by Crippen LogP contribution is -2.30. The van der Waals surface area contributed by atoms with Crippen LogP contribution in [-0.4, -0.2) is 11.1 Å². The van der Waals surface area contributed by atoms with Crippen LogP contribution in [0, 0.1) is 5.92 Å². The summed E-state index contributed by atoms with van der Waals surface area (Å²) < 4.78 is 0. The average molecular weight is 193 g/mol. The third-order valence-corrected chi connectivity index (χ3v) is 2.76. The summed E-state index contributed by atoms with van der Waals surface area (Å²) in [5.74, 6) is 0.844. The van der Waals surface area contributed by atoms with Crippen LogP contribution in [0.1, 0.15) is 25.8 Å². The zero-order valence-electron chi connectivity index (χ0n) is 8.90. The number of benzene rings is 1. The highest BCUT2D eigenvalue weighted by molar-refractivity contribution is 5.27. The van der Waals surface area contributed by atoms with E-state index in [1.807, 2.05) is 12.1 Å². The van der Waals surface area contributed by atoms with Crippen LogP contribution in [-0.2, 0) is 6.42 Å². The molecule has 0 aliphatic rings. The van der Waals surface area contributed by atoms with Crippen LogP contribution < -0.4 is 5.73 Å². The first-order valence-electron chi connectivity index (χ1n) is 5.17. The molecule has 0 heterocycles. The highest BCUT2D eigenvalue weighted by atomic mass is 16.3. The third kappa shape index (κ3) is 3.04. The number of hydrogen-bond donors (Lipinski definition) is 2. The van der Waals surface area contributed by atoms with Gasteiger partial charge in [-0.1, -0.05) is 32.4 Å².